The maximum Gasteiger partial charge on any atom is 0.191 e. The molecule has 1 saturated heterocycles. The van der Waals surface area contributed by atoms with E-state index in [-0.39, 0.29) is 0 Å². The minimum atomic E-state index is 0.434. The van der Waals surface area contributed by atoms with Crippen molar-refractivity contribution in [1.82, 2.24) is 10.6 Å². The number of ether oxygens (including phenoxy) is 2. The van der Waals surface area contributed by atoms with Crippen molar-refractivity contribution in [3.63, 3.8) is 0 Å². The third-order valence-corrected chi connectivity index (χ3v) is 4.40. The molecule has 1 rings (SSSR count). The number of nitrogens with one attached hydrogen (secondary N) is 2. The third kappa shape index (κ3) is 13.1. The highest BCUT2D eigenvalue weighted by atomic mass is 16.5. The van der Waals surface area contributed by atoms with Crippen LogP contribution in [0.15, 0.2) is 4.99 Å². The first-order valence-electron chi connectivity index (χ1n) is 10.2. The molecule has 5 nitrogen and oxygen atoms in total. The summed E-state index contributed by atoms with van der Waals surface area (Å²) in [6, 6.07) is 0. The number of hydrogen-bond acceptors (Lipinski definition) is 3. The van der Waals surface area contributed by atoms with Crippen molar-refractivity contribution in [1.29, 1.82) is 0 Å². The van der Waals surface area contributed by atoms with Crippen molar-refractivity contribution < 1.29 is 9.47 Å². The lowest BCUT2D eigenvalue weighted by Gasteiger charge is -2.21. The smallest absolute Gasteiger partial charge is 0.191 e. The Balaban J connectivity index is 2.06. The second kappa shape index (κ2) is 13.4. The lowest BCUT2D eigenvalue weighted by Crippen LogP contribution is -2.38. The first kappa shape index (κ1) is 22.2. The van der Waals surface area contributed by atoms with Crippen molar-refractivity contribution >= 4 is 5.96 Å². The molecule has 0 radical (unpaired) electrons. The van der Waals surface area contributed by atoms with Crippen LogP contribution < -0.4 is 10.6 Å². The Kier molecular flexibility index (Phi) is 11.9. The largest absolute Gasteiger partial charge is 0.381 e. The Hall–Kier alpha value is -0.810. The maximum absolute atomic E-state index is 5.79. The molecule has 1 heterocycles. The molecule has 0 aromatic rings. The molecule has 0 spiro atoms. The van der Waals surface area contributed by atoms with Gasteiger partial charge in [-0.3, -0.25) is 4.99 Å². The highest BCUT2D eigenvalue weighted by molar-refractivity contribution is 5.79. The van der Waals surface area contributed by atoms with Gasteiger partial charge in [-0.15, -0.1) is 0 Å². The highest BCUT2D eigenvalue weighted by Crippen LogP contribution is 2.21. The van der Waals surface area contributed by atoms with Gasteiger partial charge >= 0.3 is 0 Å². The molecular formula is C20H41N3O2. The monoisotopic (exact) mass is 355 g/mol. The molecule has 0 bridgehead atoms. The van der Waals surface area contributed by atoms with Crippen LogP contribution in [-0.4, -0.2) is 52.0 Å². The van der Waals surface area contributed by atoms with Gasteiger partial charge in [0.05, 0.1) is 0 Å². The number of rotatable bonds is 11. The summed E-state index contributed by atoms with van der Waals surface area (Å²) in [5.74, 6) is 1.62. The summed E-state index contributed by atoms with van der Waals surface area (Å²) >= 11 is 0. The molecule has 0 aliphatic carbocycles. The SMILES string of the molecule is CCNC(=NCCCOCC1CCOCC1)NCCCCC(C)(C)C. The molecule has 0 unspecified atom stereocenters. The van der Waals surface area contributed by atoms with Gasteiger partial charge in [0.2, 0.25) is 0 Å². The molecule has 0 aromatic heterocycles. The van der Waals surface area contributed by atoms with Crippen molar-refractivity contribution in [3.8, 4) is 0 Å². The van der Waals surface area contributed by atoms with E-state index in [0.717, 1.165) is 71.3 Å². The quantitative estimate of drug-likeness (QED) is 0.338. The second-order valence-electron chi connectivity index (χ2n) is 8.19. The Labute approximate surface area is 155 Å². The Bertz CT molecular complexity index is 347. The molecule has 0 saturated carbocycles. The zero-order chi connectivity index (χ0) is 18.4. The molecule has 0 amide bonds. The average Bonchev–Trinajstić information content (AvgIpc) is 2.57. The van der Waals surface area contributed by atoms with Gasteiger partial charge in [-0.1, -0.05) is 27.2 Å². The average molecular weight is 356 g/mol. The van der Waals surface area contributed by atoms with Gasteiger partial charge < -0.3 is 20.1 Å². The van der Waals surface area contributed by atoms with Crippen molar-refractivity contribution in [2.45, 2.75) is 66.2 Å². The molecule has 0 atom stereocenters. The molecule has 1 aliphatic rings. The normalized spacial score (nSPS) is 16.9. The van der Waals surface area contributed by atoms with Crippen LogP contribution in [0.3, 0.4) is 0 Å². The maximum atomic E-state index is 5.79. The predicted octanol–water partition coefficient (Wildman–Crippen LogP) is 3.59. The molecular weight excluding hydrogens is 314 g/mol. The number of hydrogen-bond donors (Lipinski definition) is 2. The van der Waals surface area contributed by atoms with Gasteiger partial charge in [-0.05, 0) is 50.4 Å². The van der Waals surface area contributed by atoms with E-state index in [2.05, 4.69) is 43.3 Å². The van der Waals surface area contributed by atoms with Crippen molar-refractivity contribution in [2.24, 2.45) is 16.3 Å². The van der Waals surface area contributed by atoms with Crippen LogP contribution in [0.5, 0.6) is 0 Å². The second-order valence-corrected chi connectivity index (χ2v) is 8.19. The minimum absolute atomic E-state index is 0.434. The van der Waals surface area contributed by atoms with Gasteiger partial charge in [-0.2, -0.15) is 0 Å². The van der Waals surface area contributed by atoms with E-state index in [1.54, 1.807) is 0 Å². The fraction of sp³-hybridized carbons (Fsp3) is 0.950. The van der Waals surface area contributed by atoms with E-state index in [1.807, 2.05) is 0 Å². The summed E-state index contributed by atoms with van der Waals surface area (Å²) in [5.41, 5.74) is 0.434. The lowest BCUT2D eigenvalue weighted by atomic mass is 9.90. The van der Waals surface area contributed by atoms with E-state index < -0.39 is 0 Å². The molecule has 1 fully saturated rings. The van der Waals surface area contributed by atoms with E-state index in [1.165, 1.54) is 19.3 Å². The van der Waals surface area contributed by atoms with Crippen LogP contribution in [0.1, 0.15) is 66.2 Å². The topological polar surface area (TPSA) is 54.9 Å². The van der Waals surface area contributed by atoms with Gasteiger partial charge in [0.25, 0.3) is 0 Å². The highest BCUT2D eigenvalue weighted by Gasteiger charge is 2.13. The molecule has 2 N–H and O–H groups in total. The van der Waals surface area contributed by atoms with Gasteiger partial charge in [0.1, 0.15) is 0 Å². The predicted molar refractivity (Wildman–Crippen MR) is 106 cm³/mol. The number of guanidine groups is 1. The third-order valence-electron chi connectivity index (χ3n) is 4.40. The van der Waals surface area contributed by atoms with Crippen molar-refractivity contribution in [2.75, 3.05) is 46.1 Å². The fourth-order valence-corrected chi connectivity index (χ4v) is 2.85. The summed E-state index contributed by atoms with van der Waals surface area (Å²) in [6.07, 6.45) is 6.98. The van der Waals surface area contributed by atoms with E-state index in [0.29, 0.717) is 11.3 Å². The van der Waals surface area contributed by atoms with E-state index in [4.69, 9.17) is 9.47 Å². The number of nitrogens with zero attached hydrogens (tertiary/aromatic N) is 1. The Morgan fingerprint density at radius 1 is 1.12 bits per heavy atom. The summed E-state index contributed by atoms with van der Waals surface area (Å²) < 4.78 is 11.2. The molecule has 1 aliphatic heterocycles. The Morgan fingerprint density at radius 2 is 1.88 bits per heavy atom. The Morgan fingerprint density at radius 3 is 2.56 bits per heavy atom. The molecule has 5 heteroatoms. The van der Waals surface area contributed by atoms with Gasteiger partial charge in [0.15, 0.2) is 5.96 Å². The summed E-state index contributed by atoms with van der Waals surface area (Å²) in [6.45, 7) is 15.2. The zero-order valence-electron chi connectivity index (χ0n) is 17.0. The first-order valence-corrected chi connectivity index (χ1v) is 10.2. The summed E-state index contributed by atoms with van der Waals surface area (Å²) in [5, 5.41) is 6.75. The van der Waals surface area contributed by atoms with Crippen LogP contribution in [0.4, 0.5) is 0 Å². The van der Waals surface area contributed by atoms with Crippen molar-refractivity contribution in [3.05, 3.63) is 0 Å². The van der Waals surface area contributed by atoms with Crippen LogP contribution in [0, 0.1) is 11.3 Å². The van der Waals surface area contributed by atoms with Gasteiger partial charge in [0, 0.05) is 46.1 Å². The van der Waals surface area contributed by atoms with Crippen LogP contribution in [0.2, 0.25) is 0 Å². The molecule has 148 valence electrons. The lowest BCUT2D eigenvalue weighted by molar-refractivity contribution is 0.0205. The fourth-order valence-electron chi connectivity index (χ4n) is 2.85. The minimum Gasteiger partial charge on any atom is -0.381 e. The van der Waals surface area contributed by atoms with Crippen LogP contribution in [0.25, 0.3) is 0 Å². The van der Waals surface area contributed by atoms with E-state index >= 15 is 0 Å². The number of unbranched alkanes of at least 4 members (excludes halogenated alkanes) is 1. The summed E-state index contributed by atoms with van der Waals surface area (Å²) in [4.78, 5) is 4.64. The standard InChI is InChI=1S/C20H41N3O2/c1-5-21-19(22-12-7-6-11-20(2,3)4)23-13-8-14-25-17-18-9-15-24-16-10-18/h18H,5-17H2,1-4H3,(H2,21,22,23). The van der Waals surface area contributed by atoms with E-state index in [9.17, 15) is 0 Å². The van der Waals surface area contributed by atoms with Crippen LogP contribution in [-0.2, 0) is 9.47 Å². The van der Waals surface area contributed by atoms with Gasteiger partial charge in [-0.25, -0.2) is 0 Å². The number of aliphatic imine (C=N–C) groups is 1. The molecule has 0 aromatic carbocycles. The van der Waals surface area contributed by atoms with Crippen LogP contribution >= 0.6 is 0 Å². The molecule has 25 heavy (non-hydrogen) atoms. The zero-order valence-corrected chi connectivity index (χ0v) is 17.0. The summed E-state index contributed by atoms with van der Waals surface area (Å²) in [7, 11) is 0. The first-order chi connectivity index (χ1) is 12.0.